The second kappa shape index (κ2) is 4.76. The Balaban J connectivity index is 1.89. The number of amides is 2. The zero-order chi connectivity index (χ0) is 15.0. The van der Waals surface area contributed by atoms with Gasteiger partial charge in [0, 0.05) is 5.69 Å². The van der Waals surface area contributed by atoms with Crippen LogP contribution in [-0.2, 0) is 6.54 Å². The summed E-state index contributed by atoms with van der Waals surface area (Å²) in [5, 5.41) is 8.76. The number of nitriles is 1. The molecule has 0 spiro atoms. The Hall–Kier alpha value is -3.13. The van der Waals surface area contributed by atoms with Crippen molar-refractivity contribution in [3.05, 3.63) is 64.7 Å². The Labute approximate surface area is 121 Å². The number of benzene rings is 2. The molecule has 5 heteroatoms. The Morgan fingerprint density at radius 2 is 1.67 bits per heavy atom. The Bertz CT molecular complexity index is 788. The lowest BCUT2D eigenvalue weighted by atomic mass is 10.1. The molecule has 2 N–H and O–H groups in total. The van der Waals surface area contributed by atoms with Crippen LogP contribution in [0.2, 0.25) is 0 Å². The number of carbonyl (C=O) groups is 2. The van der Waals surface area contributed by atoms with Gasteiger partial charge in [-0.15, -0.1) is 0 Å². The molecule has 0 saturated carbocycles. The molecule has 1 aliphatic rings. The summed E-state index contributed by atoms with van der Waals surface area (Å²) < 4.78 is 0. The van der Waals surface area contributed by atoms with Crippen LogP contribution >= 0.6 is 0 Å². The number of rotatable bonds is 2. The molecule has 0 aromatic heterocycles. The summed E-state index contributed by atoms with van der Waals surface area (Å²) in [4.78, 5) is 25.7. The molecule has 2 aromatic carbocycles. The van der Waals surface area contributed by atoms with Crippen molar-refractivity contribution in [1.29, 1.82) is 5.26 Å². The summed E-state index contributed by atoms with van der Waals surface area (Å²) in [5.74, 6) is -0.661. The summed E-state index contributed by atoms with van der Waals surface area (Å²) in [6.45, 7) is 0.179. The second-order valence-electron chi connectivity index (χ2n) is 4.81. The highest BCUT2D eigenvalue weighted by Gasteiger charge is 2.35. The van der Waals surface area contributed by atoms with E-state index in [9.17, 15) is 9.59 Å². The second-order valence-corrected chi connectivity index (χ2v) is 4.81. The van der Waals surface area contributed by atoms with Crippen LogP contribution in [-0.4, -0.2) is 16.7 Å². The quantitative estimate of drug-likeness (QED) is 0.671. The van der Waals surface area contributed by atoms with Crippen molar-refractivity contribution < 1.29 is 9.59 Å². The number of nitrogens with zero attached hydrogens (tertiary/aromatic N) is 2. The highest BCUT2D eigenvalue weighted by molar-refractivity contribution is 6.21. The number of imide groups is 1. The van der Waals surface area contributed by atoms with Crippen molar-refractivity contribution in [1.82, 2.24) is 4.90 Å². The third-order valence-electron chi connectivity index (χ3n) is 3.42. The van der Waals surface area contributed by atoms with E-state index in [0.717, 1.165) is 5.56 Å². The van der Waals surface area contributed by atoms with E-state index in [-0.39, 0.29) is 18.4 Å². The molecule has 0 aliphatic carbocycles. The minimum atomic E-state index is -0.341. The summed E-state index contributed by atoms with van der Waals surface area (Å²) in [7, 11) is 0. The van der Waals surface area contributed by atoms with Crippen LogP contribution in [0.1, 0.15) is 31.8 Å². The largest absolute Gasteiger partial charge is 0.399 e. The standard InChI is InChI=1S/C16H11N3O2/c17-8-10-1-3-11(4-2-10)9-19-15(20)13-6-5-12(18)7-14(13)16(19)21/h1-7H,9,18H2. The molecular weight excluding hydrogens is 266 g/mol. The van der Waals surface area contributed by atoms with Gasteiger partial charge in [0.05, 0.1) is 29.3 Å². The van der Waals surface area contributed by atoms with Crippen LogP contribution in [0.25, 0.3) is 0 Å². The maximum absolute atomic E-state index is 12.3. The zero-order valence-electron chi connectivity index (χ0n) is 11.0. The molecule has 1 aliphatic heterocycles. The summed E-state index contributed by atoms with van der Waals surface area (Å²) in [5.41, 5.74) is 8.15. The van der Waals surface area contributed by atoms with Gasteiger partial charge in [0.2, 0.25) is 0 Å². The average molecular weight is 277 g/mol. The van der Waals surface area contributed by atoms with Gasteiger partial charge in [0.25, 0.3) is 11.8 Å². The van der Waals surface area contributed by atoms with Gasteiger partial charge in [-0.1, -0.05) is 12.1 Å². The number of hydrogen-bond acceptors (Lipinski definition) is 4. The maximum Gasteiger partial charge on any atom is 0.261 e. The van der Waals surface area contributed by atoms with E-state index in [0.29, 0.717) is 22.4 Å². The van der Waals surface area contributed by atoms with Crippen LogP contribution in [0.15, 0.2) is 42.5 Å². The third kappa shape index (κ3) is 2.13. The first-order chi connectivity index (χ1) is 10.1. The van der Waals surface area contributed by atoms with E-state index in [4.69, 9.17) is 11.0 Å². The Kier molecular flexibility index (Phi) is 2.92. The van der Waals surface area contributed by atoms with E-state index in [1.54, 1.807) is 36.4 Å². The third-order valence-corrected chi connectivity index (χ3v) is 3.42. The van der Waals surface area contributed by atoms with E-state index < -0.39 is 0 Å². The van der Waals surface area contributed by atoms with Gasteiger partial charge in [-0.05, 0) is 35.9 Å². The molecule has 0 saturated heterocycles. The van der Waals surface area contributed by atoms with E-state index in [2.05, 4.69) is 0 Å². The first kappa shape index (κ1) is 12.9. The molecule has 21 heavy (non-hydrogen) atoms. The number of fused-ring (bicyclic) bond motifs is 1. The summed E-state index contributed by atoms with van der Waals surface area (Å²) >= 11 is 0. The van der Waals surface area contributed by atoms with Crippen molar-refractivity contribution in [2.75, 3.05) is 5.73 Å². The number of anilines is 1. The smallest absolute Gasteiger partial charge is 0.261 e. The molecule has 102 valence electrons. The summed E-state index contributed by atoms with van der Waals surface area (Å²) in [6.07, 6.45) is 0. The fourth-order valence-electron chi connectivity index (χ4n) is 2.32. The minimum Gasteiger partial charge on any atom is -0.399 e. The predicted molar refractivity (Wildman–Crippen MR) is 76.2 cm³/mol. The molecule has 0 fully saturated rings. The highest BCUT2D eigenvalue weighted by atomic mass is 16.2. The highest BCUT2D eigenvalue weighted by Crippen LogP contribution is 2.26. The fraction of sp³-hybridized carbons (Fsp3) is 0.0625. The topological polar surface area (TPSA) is 87.2 Å². The molecule has 2 aromatic rings. The first-order valence-electron chi connectivity index (χ1n) is 6.35. The lowest BCUT2D eigenvalue weighted by Crippen LogP contribution is -2.29. The lowest BCUT2D eigenvalue weighted by molar-refractivity contribution is 0.0642. The molecule has 5 nitrogen and oxygen atoms in total. The Morgan fingerprint density at radius 1 is 1.00 bits per heavy atom. The molecular formula is C16H11N3O2. The van der Waals surface area contributed by atoms with Crippen LogP contribution in [0.4, 0.5) is 5.69 Å². The van der Waals surface area contributed by atoms with E-state index in [1.165, 1.54) is 11.0 Å². The van der Waals surface area contributed by atoms with E-state index >= 15 is 0 Å². The average Bonchev–Trinajstić information content (AvgIpc) is 2.73. The molecule has 0 bridgehead atoms. The van der Waals surface area contributed by atoms with Crippen LogP contribution < -0.4 is 5.73 Å². The normalized spacial score (nSPS) is 13.2. The van der Waals surface area contributed by atoms with Gasteiger partial charge in [0.15, 0.2) is 0 Å². The van der Waals surface area contributed by atoms with Crippen LogP contribution in [0, 0.1) is 11.3 Å². The van der Waals surface area contributed by atoms with Crippen molar-refractivity contribution in [3.63, 3.8) is 0 Å². The van der Waals surface area contributed by atoms with Gasteiger partial charge in [0.1, 0.15) is 0 Å². The number of hydrogen-bond donors (Lipinski definition) is 1. The number of nitrogen functional groups attached to an aromatic ring is 1. The van der Waals surface area contributed by atoms with Gasteiger partial charge in [-0.3, -0.25) is 14.5 Å². The zero-order valence-corrected chi connectivity index (χ0v) is 11.0. The maximum atomic E-state index is 12.3. The minimum absolute atomic E-state index is 0.179. The van der Waals surface area contributed by atoms with E-state index in [1.807, 2.05) is 6.07 Å². The van der Waals surface area contributed by atoms with Gasteiger partial charge in [-0.2, -0.15) is 5.26 Å². The van der Waals surface area contributed by atoms with Crippen LogP contribution in [0.3, 0.4) is 0 Å². The van der Waals surface area contributed by atoms with Gasteiger partial charge >= 0.3 is 0 Å². The summed E-state index contributed by atoms with van der Waals surface area (Å²) in [6, 6.07) is 13.5. The van der Waals surface area contributed by atoms with Crippen molar-refractivity contribution in [3.8, 4) is 6.07 Å². The fourth-order valence-corrected chi connectivity index (χ4v) is 2.32. The number of carbonyl (C=O) groups excluding carboxylic acids is 2. The van der Waals surface area contributed by atoms with Crippen molar-refractivity contribution in [2.45, 2.75) is 6.54 Å². The first-order valence-corrected chi connectivity index (χ1v) is 6.35. The lowest BCUT2D eigenvalue weighted by Gasteiger charge is -2.13. The van der Waals surface area contributed by atoms with Gasteiger partial charge < -0.3 is 5.73 Å². The SMILES string of the molecule is N#Cc1ccc(CN2C(=O)c3ccc(N)cc3C2=O)cc1. The monoisotopic (exact) mass is 277 g/mol. The Morgan fingerprint density at radius 3 is 2.33 bits per heavy atom. The number of nitrogens with two attached hydrogens (primary N) is 1. The van der Waals surface area contributed by atoms with Crippen LogP contribution in [0.5, 0.6) is 0 Å². The molecule has 0 radical (unpaired) electrons. The molecule has 0 atom stereocenters. The molecule has 3 rings (SSSR count). The molecule has 2 amide bonds. The van der Waals surface area contributed by atoms with Crippen molar-refractivity contribution >= 4 is 17.5 Å². The predicted octanol–water partition coefficient (Wildman–Crippen LogP) is 1.94. The molecule has 1 heterocycles. The van der Waals surface area contributed by atoms with Gasteiger partial charge in [-0.25, -0.2) is 0 Å². The molecule has 0 unspecified atom stereocenters. The van der Waals surface area contributed by atoms with Crippen molar-refractivity contribution in [2.24, 2.45) is 0 Å².